The second kappa shape index (κ2) is 7.24. The van der Waals surface area contributed by atoms with Crippen molar-refractivity contribution in [2.75, 3.05) is 26.2 Å². The first kappa shape index (κ1) is 13.0. The molecule has 90 valence electrons. The zero-order valence-corrected chi connectivity index (χ0v) is 10.8. The van der Waals surface area contributed by atoms with E-state index in [1.165, 1.54) is 45.3 Å². The third-order valence-corrected chi connectivity index (χ3v) is 3.25. The molecule has 1 N–H and O–H groups in total. The molecule has 0 bridgehead atoms. The Morgan fingerprint density at radius 1 is 1.33 bits per heavy atom. The van der Waals surface area contributed by atoms with Crippen LogP contribution >= 0.6 is 0 Å². The van der Waals surface area contributed by atoms with Gasteiger partial charge in [-0.1, -0.05) is 27.2 Å². The molecule has 1 atom stereocenters. The maximum Gasteiger partial charge on any atom is 0.0107 e. The Bertz CT molecular complexity index is 157. The Morgan fingerprint density at radius 2 is 2.13 bits per heavy atom. The summed E-state index contributed by atoms with van der Waals surface area (Å²) in [6, 6.07) is 0.847. The van der Waals surface area contributed by atoms with Crippen molar-refractivity contribution in [2.24, 2.45) is 5.92 Å². The van der Waals surface area contributed by atoms with E-state index in [9.17, 15) is 0 Å². The molecule has 2 heteroatoms. The molecule has 0 aromatic carbocycles. The van der Waals surface area contributed by atoms with E-state index < -0.39 is 0 Å². The Hall–Kier alpha value is -0.0800. The first-order valence-electron chi connectivity index (χ1n) is 6.68. The Morgan fingerprint density at radius 3 is 2.80 bits per heavy atom. The summed E-state index contributed by atoms with van der Waals surface area (Å²) in [5.41, 5.74) is 0. The molecule has 0 amide bonds. The van der Waals surface area contributed by atoms with Crippen LogP contribution in [-0.2, 0) is 0 Å². The lowest BCUT2D eigenvalue weighted by Gasteiger charge is -2.37. The number of nitrogens with zero attached hydrogens (tertiary/aromatic N) is 1. The van der Waals surface area contributed by atoms with Gasteiger partial charge in [-0.25, -0.2) is 0 Å². The highest BCUT2D eigenvalue weighted by molar-refractivity contribution is 4.78. The van der Waals surface area contributed by atoms with Crippen LogP contribution in [0.2, 0.25) is 0 Å². The van der Waals surface area contributed by atoms with Crippen molar-refractivity contribution >= 4 is 0 Å². The zero-order chi connectivity index (χ0) is 11.1. The van der Waals surface area contributed by atoms with E-state index in [-0.39, 0.29) is 0 Å². The standard InChI is InChI=1S/C13H28N2/c1-4-14-9-8-13-7-5-6-10-15(13)11-12(2)3/h12-14H,4-11H2,1-3H3. The first-order chi connectivity index (χ1) is 7.24. The van der Waals surface area contributed by atoms with E-state index in [1.807, 2.05) is 0 Å². The van der Waals surface area contributed by atoms with Crippen LogP contribution in [0.1, 0.15) is 46.5 Å². The Kier molecular flexibility index (Phi) is 6.26. The molecule has 15 heavy (non-hydrogen) atoms. The maximum atomic E-state index is 3.44. The first-order valence-corrected chi connectivity index (χ1v) is 6.68. The summed E-state index contributed by atoms with van der Waals surface area (Å²) in [5.74, 6) is 0.810. The predicted molar refractivity (Wildman–Crippen MR) is 67.2 cm³/mol. The van der Waals surface area contributed by atoms with Gasteiger partial charge < -0.3 is 10.2 Å². The van der Waals surface area contributed by atoms with Crippen LogP contribution in [0, 0.1) is 5.92 Å². The van der Waals surface area contributed by atoms with Gasteiger partial charge in [0.25, 0.3) is 0 Å². The highest BCUT2D eigenvalue weighted by Gasteiger charge is 2.21. The molecule has 1 heterocycles. The topological polar surface area (TPSA) is 15.3 Å². The molecule has 0 aliphatic carbocycles. The molecule has 1 saturated heterocycles. The van der Waals surface area contributed by atoms with Gasteiger partial charge in [-0.2, -0.15) is 0 Å². The van der Waals surface area contributed by atoms with Gasteiger partial charge >= 0.3 is 0 Å². The molecular weight excluding hydrogens is 184 g/mol. The van der Waals surface area contributed by atoms with E-state index in [1.54, 1.807) is 0 Å². The minimum atomic E-state index is 0.810. The molecule has 1 rings (SSSR count). The fraction of sp³-hybridized carbons (Fsp3) is 1.00. The average Bonchev–Trinajstić information content (AvgIpc) is 2.20. The Labute approximate surface area is 95.4 Å². The molecule has 1 aliphatic rings. The van der Waals surface area contributed by atoms with Gasteiger partial charge in [0.05, 0.1) is 0 Å². The van der Waals surface area contributed by atoms with Crippen LogP contribution in [0.5, 0.6) is 0 Å². The fourth-order valence-electron chi connectivity index (χ4n) is 2.54. The Balaban J connectivity index is 2.29. The van der Waals surface area contributed by atoms with Gasteiger partial charge in [0, 0.05) is 12.6 Å². The van der Waals surface area contributed by atoms with Crippen molar-refractivity contribution in [3.63, 3.8) is 0 Å². The van der Waals surface area contributed by atoms with Crippen LogP contribution in [-0.4, -0.2) is 37.1 Å². The molecule has 0 radical (unpaired) electrons. The highest BCUT2D eigenvalue weighted by Crippen LogP contribution is 2.20. The minimum Gasteiger partial charge on any atom is -0.317 e. The summed E-state index contributed by atoms with van der Waals surface area (Å²) in [4.78, 5) is 2.71. The van der Waals surface area contributed by atoms with Crippen molar-refractivity contribution in [3.8, 4) is 0 Å². The molecule has 1 fully saturated rings. The molecular formula is C13H28N2. The van der Waals surface area contributed by atoms with E-state index >= 15 is 0 Å². The van der Waals surface area contributed by atoms with Crippen LogP contribution < -0.4 is 5.32 Å². The second-order valence-electron chi connectivity index (χ2n) is 5.18. The quantitative estimate of drug-likeness (QED) is 0.681. The molecule has 1 aliphatic heterocycles. The number of nitrogens with one attached hydrogen (secondary N) is 1. The van der Waals surface area contributed by atoms with Crippen molar-refractivity contribution in [3.05, 3.63) is 0 Å². The van der Waals surface area contributed by atoms with Crippen molar-refractivity contribution in [1.82, 2.24) is 10.2 Å². The lowest BCUT2D eigenvalue weighted by molar-refractivity contribution is 0.125. The van der Waals surface area contributed by atoms with Gasteiger partial charge in [0.15, 0.2) is 0 Å². The SMILES string of the molecule is CCNCCC1CCCCN1CC(C)C. The number of likely N-dealkylation sites (tertiary alicyclic amines) is 1. The average molecular weight is 212 g/mol. The van der Waals surface area contributed by atoms with E-state index in [0.29, 0.717) is 0 Å². The lowest BCUT2D eigenvalue weighted by Crippen LogP contribution is -2.42. The second-order valence-corrected chi connectivity index (χ2v) is 5.18. The van der Waals surface area contributed by atoms with Crippen molar-refractivity contribution < 1.29 is 0 Å². The molecule has 0 spiro atoms. The third kappa shape index (κ3) is 4.98. The number of hydrogen-bond acceptors (Lipinski definition) is 2. The normalized spacial score (nSPS) is 23.6. The summed E-state index contributed by atoms with van der Waals surface area (Å²) in [6.07, 6.45) is 5.59. The summed E-state index contributed by atoms with van der Waals surface area (Å²) in [7, 11) is 0. The monoisotopic (exact) mass is 212 g/mol. The minimum absolute atomic E-state index is 0.810. The molecule has 0 saturated carbocycles. The summed E-state index contributed by atoms with van der Waals surface area (Å²) >= 11 is 0. The number of piperidine rings is 1. The van der Waals surface area contributed by atoms with Gasteiger partial charge in [-0.05, 0) is 44.8 Å². The third-order valence-electron chi connectivity index (χ3n) is 3.25. The van der Waals surface area contributed by atoms with Crippen LogP contribution in [0.3, 0.4) is 0 Å². The molecule has 0 aromatic heterocycles. The summed E-state index contributed by atoms with van der Waals surface area (Å²) < 4.78 is 0. The van der Waals surface area contributed by atoms with Gasteiger partial charge in [0.1, 0.15) is 0 Å². The zero-order valence-electron chi connectivity index (χ0n) is 10.8. The highest BCUT2D eigenvalue weighted by atomic mass is 15.2. The molecule has 2 nitrogen and oxygen atoms in total. The predicted octanol–water partition coefficient (Wildman–Crippen LogP) is 2.50. The van der Waals surface area contributed by atoms with Gasteiger partial charge in [0.2, 0.25) is 0 Å². The molecule has 0 aromatic rings. The van der Waals surface area contributed by atoms with Crippen molar-refractivity contribution in [1.29, 1.82) is 0 Å². The maximum absolute atomic E-state index is 3.44. The summed E-state index contributed by atoms with van der Waals surface area (Å²) in [5, 5.41) is 3.44. The van der Waals surface area contributed by atoms with E-state index in [2.05, 4.69) is 31.0 Å². The lowest BCUT2D eigenvalue weighted by atomic mass is 9.98. The van der Waals surface area contributed by atoms with Crippen LogP contribution in [0.25, 0.3) is 0 Å². The van der Waals surface area contributed by atoms with E-state index in [4.69, 9.17) is 0 Å². The number of hydrogen-bond donors (Lipinski definition) is 1. The largest absolute Gasteiger partial charge is 0.317 e. The van der Waals surface area contributed by atoms with Gasteiger partial charge in [-0.15, -0.1) is 0 Å². The smallest absolute Gasteiger partial charge is 0.0107 e. The number of rotatable bonds is 6. The summed E-state index contributed by atoms with van der Waals surface area (Å²) in [6.45, 7) is 11.8. The van der Waals surface area contributed by atoms with Crippen molar-refractivity contribution in [2.45, 2.75) is 52.5 Å². The van der Waals surface area contributed by atoms with Gasteiger partial charge in [-0.3, -0.25) is 0 Å². The van der Waals surface area contributed by atoms with Crippen LogP contribution in [0.15, 0.2) is 0 Å². The molecule has 1 unspecified atom stereocenters. The van der Waals surface area contributed by atoms with Crippen LogP contribution in [0.4, 0.5) is 0 Å². The fourth-order valence-corrected chi connectivity index (χ4v) is 2.54. The van der Waals surface area contributed by atoms with E-state index in [0.717, 1.165) is 18.5 Å².